The molecule has 0 aromatic rings. The largest absolute Gasteiger partial charge is 0.350 e. The lowest BCUT2D eigenvalue weighted by atomic mass is 9.81. The van der Waals surface area contributed by atoms with Gasteiger partial charge in [0.25, 0.3) is 0 Å². The predicted octanol–water partition coefficient (Wildman–Crippen LogP) is 1.14. The van der Waals surface area contributed by atoms with Crippen molar-refractivity contribution in [3.63, 3.8) is 0 Å². The van der Waals surface area contributed by atoms with Gasteiger partial charge < -0.3 is 10.2 Å². The van der Waals surface area contributed by atoms with E-state index >= 15 is 0 Å². The fourth-order valence-corrected chi connectivity index (χ4v) is 2.33. The van der Waals surface area contributed by atoms with E-state index in [0.717, 1.165) is 19.5 Å². The molecule has 1 atom stereocenters. The quantitative estimate of drug-likeness (QED) is 0.780. The van der Waals surface area contributed by atoms with Gasteiger partial charge in [0, 0.05) is 12.1 Å². The van der Waals surface area contributed by atoms with E-state index in [1.54, 1.807) is 0 Å². The van der Waals surface area contributed by atoms with Crippen LogP contribution in [0.4, 0.5) is 0 Å². The van der Waals surface area contributed by atoms with Crippen LogP contribution in [0.5, 0.6) is 0 Å². The summed E-state index contributed by atoms with van der Waals surface area (Å²) in [5, 5.41) is 11.4. The lowest BCUT2D eigenvalue weighted by molar-refractivity contribution is -0.122. The van der Waals surface area contributed by atoms with E-state index in [9.17, 15) is 4.79 Å². The third-order valence-corrected chi connectivity index (χ3v) is 3.35. The lowest BCUT2D eigenvalue weighted by Gasteiger charge is -2.40. The maximum atomic E-state index is 11.4. The number of hydrogen-bond acceptors (Lipinski definition) is 3. The summed E-state index contributed by atoms with van der Waals surface area (Å²) in [5.74, 6) is 0.301. The number of hydrogen-bond donors (Lipinski definition) is 1. The van der Waals surface area contributed by atoms with Gasteiger partial charge in [-0.05, 0) is 46.2 Å². The third kappa shape index (κ3) is 3.49. The van der Waals surface area contributed by atoms with Gasteiger partial charge in [-0.2, -0.15) is 5.26 Å². The first kappa shape index (κ1) is 13.0. The number of piperidine rings is 1. The van der Waals surface area contributed by atoms with Crippen LogP contribution in [0.2, 0.25) is 0 Å². The van der Waals surface area contributed by atoms with Crippen molar-refractivity contribution in [1.29, 1.82) is 5.26 Å². The number of rotatable bonds is 3. The fourth-order valence-electron chi connectivity index (χ4n) is 2.33. The van der Waals surface area contributed by atoms with Crippen molar-refractivity contribution < 1.29 is 4.79 Å². The molecule has 0 radical (unpaired) electrons. The summed E-state index contributed by atoms with van der Waals surface area (Å²) >= 11 is 0. The highest BCUT2D eigenvalue weighted by Crippen LogP contribution is 2.26. The predicted molar refractivity (Wildman–Crippen MR) is 62.7 cm³/mol. The number of carbonyl (C=O) groups is 1. The smallest absolute Gasteiger partial charge is 0.234 e. The van der Waals surface area contributed by atoms with Gasteiger partial charge in [0.05, 0.1) is 6.07 Å². The Balaban J connectivity index is 2.55. The Morgan fingerprint density at radius 2 is 2.31 bits per heavy atom. The fraction of sp³-hybridized carbons (Fsp3) is 0.833. The molecule has 4 heteroatoms. The average molecular weight is 223 g/mol. The van der Waals surface area contributed by atoms with E-state index in [0.29, 0.717) is 5.92 Å². The van der Waals surface area contributed by atoms with Gasteiger partial charge in [-0.3, -0.25) is 4.79 Å². The first-order chi connectivity index (χ1) is 7.45. The van der Waals surface area contributed by atoms with Gasteiger partial charge in [-0.25, -0.2) is 0 Å². The highest BCUT2D eigenvalue weighted by Gasteiger charge is 2.33. The molecule has 0 aliphatic carbocycles. The van der Waals surface area contributed by atoms with Crippen LogP contribution < -0.4 is 5.32 Å². The highest BCUT2D eigenvalue weighted by molar-refractivity contribution is 5.78. The lowest BCUT2D eigenvalue weighted by Crippen LogP contribution is -2.53. The number of likely N-dealkylation sites (tertiary alicyclic amines) is 1. The van der Waals surface area contributed by atoms with Crippen molar-refractivity contribution in [3.8, 4) is 6.07 Å². The van der Waals surface area contributed by atoms with Gasteiger partial charge in [-0.1, -0.05) is 0 Å². The molecule has 1 aliphatic heterocycles. The van der Waals surface area contributed by atoms with Gasteiger partial charge in [0.15, 0.2) is 0 Å². The van der Waals surface area contributed by atoms with Crippen LogP contribution in [-0.4, -0.2) is 36.5 Å². The van der Waals surface area contributed by atoms with Crippen LogP contribution in [0.1, 0.15) is 33.1 Å². The van der Waals surface area contributed by atoms with E-state index in [1.807, 2.05) is 19.9 Å². The van der Waals surface area contributed by atoms with Crippen LogP contribution in [0.15, 0.2) is 0 Å². The molecule has 1 N–H and O–H groups in total. The second kappa shape index (κ2) is 5.31. The van der Waals surface area contributed by atoms with E-state index in [1.165, 1.54) is 6.42 Å². The topological polar surface area (TPSA) is 56.1 Å². The molecule has 0 bridgehead atoms. The summed E-state index contributed by atoms with van der Waals surface area (Å²) < 4.78 is 0. The van der Waals surface area contributed by atoms with E-state index in [-0.39, 0.29) is 17.9 Å². The van der Waals surface area contributed by atoms with Gasteiger partial charge in [0.1, 0.15) is 6.42 Å². The number of carbonyl (C=O) groups excluding carboxylic acids is 1. The van der Waals surface area contributed by atoms with Crippen molar-refractivity contribution in [1.82, 2.24) is 10.2 Å². The molecule has 0 aromatic carbocycles. The Morgan fingerprint density at radius 1 is 1.62 bits per heavy atom. The molecule has 1 heterocycles. The monoisotopic (exact) mass is 223 g/mol. The van der Waals surface area contributed by atoms with E-state index < -0.39 is 0 Å². The van der Waals surface area contributed by atoms with Crippen LogP contribution in [0.3, 0.4) is 0 Å². The number of nitrogens with zero attached hydrogens (tertiary/aromatic N) is 2. The Kier molecular flexibility index (Phi) is 4.31. The molecule has 1 rings (SSSR count). The van der Waals surface area contributed by atoms with E-state index in [2.05, 4.69) is 17.3 Å². The van der Waals surface area contributed by atoms with Crippen LogP contribution >= 0.6 is 0 Å². The zero-order chi connectivity index (χ0) is 12.2. The molecule has 1 aliphatic rings. The molecule has 1 fully saturated rings. The Labute approximate surface area is 97.6 Å². The van der Waals surface area contributed by atoms with Crippen LogP contribution in [-0.2, 0) is 4.79 Å². The van der Waals surface area contributed by atoms with Crippen LogP contribution in [0.25, 0.3) is 0 Å². The molecular formula is C12H21N3O. The summed E-state index contributed by atoms with van der Waals surface area (Å²) in [6.45, 7) is 6.25. The second-order valence-corrected chi connectivity index (χ2v) is 5.21. The van der Waals surface area contributed by atoms with Crippen molar-refractivity contribution in [2.45, 2.75) is 38.6 Å². The number of nitrogens with one attached hydrogen (secondary N) is 1. The number of amides is 1. The third-order valence-electron chi connectivity index (χ3n) is 3.35. The summed E-state index contributed by atoms with van der Waals surface area (Å²) in [6.07, 6.45) is 2.27. The standard InChI is InChI=1S/C12H21N3O/c1-12(2,14-11(16)6-7-13)10-5-4-8-15(3)9-10/h10H,4-6,8-9H2,1-3H3,(H,14,16). The van der Waals surface area contributed by atoms with Crippen molar-refractivity contribution >= 4 is 5.91 Å². The second-order valence-electron chi connectivity index (χ2n) is 5.21. The molecule has 4 nitrogen and oxygen atoms in total. The Hall–Kier alpha value is -1.08. The van der Waals surface area contributed by atoms with Crippen molar-refractivity contribution in [3.05, 3.63) is 0 Å². The van der Waals surface area contributed by atoms with Gasteiger partial charge >= 0.3 is 0 Å². The summed E-state index contributed by atoms with van der Waals surface area (Å²) in [7, 11) is 2.11. The molecule has 0 aromatic heterocycles. The zero-order valence-corrected chi connectivity index (χ0v) is 10.4. The van der Waals surface area contributed by atoms with Gasteiger partial charge in [0.2, 0.25) is 5.91 Å². The Morgan fingerprint density at radius 3 is 2.88 bits per heavy atom. The first-order valence-electron chi connectivity index (χ1n) is 5.82. The van der Waals surface area contributed by atoms with Crippen molar-refractivity contribution in [2.24, 2.45) is 5.92 Å². The molecule has 16 heavy (non-hydrogen) atoms. The van der Waals surface area contributed by atoms with Crippen LogP contribution in [0, 0.1) is 17.2 Å². The summed E-state index contributed by atoms with van der Waals surface area (Å²) in [6, 6.07) is 1.88. The van der Waals surface area contributed by atoms with Gasteiger partial charge in [-0.15, -0.1) is 0 Å². The molecule has 0 saturated carbocycles. The maximum absolute atomic E-state index is 11.4. The average Bonchev–Trinajstić information content (AvgIpc) is 2.17. The minimum atomic E-state index is -0.220. The summed E-state index contributed by atoms with van der Waals surface area (Å²) in [4.78, 5) is 13.7. The SMILES string of the molecule is CN1CCCC(C(C)(C)NC(=O)CC#N)C1. The van der Waals surface area contributed by atoms with E-state index in [4.69, 9.17) is 5.26 Å². The molecule has 1 unspecified atom stereocenters. The molecule has 0 spiro atoms. The first-order valence-corrected chi connectivity index (χ1v) is 5.82. The molecule has 90 valence electrons. The molecule has 1 amide bonds. The minimum absolute atomic E-state index is 0.0496. The normalized spacial score (nSPS) is 22.5. The molecular weight excluding hydrogens is 202 g/mol. The Bertz CT molecular complexity index is 293. The summed E-state index contributed by atoms with van der Waals surface area (Å²) in [5.41, 5.74) is -0.220. The highest BCUT2D eigenvalue weighted by atomic mass is 16.1. The van der Waals surface area contributed by atoms with Crippen molar-refractivity contribution in [2.75, 3.05) is 20.1 Å². The maximum Gasteiger partial charge on any atom is 0.234 e. The zero-order valence-electron chi connectivity index (χ0n) is 10.4. The number of nitriles is 1. The minimum Gasteiger partial charge on any atom is -0.350 e. The molecule has 1 saturated heterocycles.